The number of amides is 4. The zero-order valence-electron chi connectivity index (χ0n) is 18.9. The van der Waals surface area contributed by atoms with Gasteiger partial charge in [-0.25, -0.2) is 4.79 Å². The second-order valence-corrected chi connectivity index (χ2v) is 10.2. The van der Waals surface area contributed by atoms with Crippen LogP contribution < -0.4 is 15.1 Å². The average Bonchev–Trinajstić information content (AvgIpc) is 3.44. The molecule has 176 valence electrons. The molecule has 0 saturated carbocycles. The van der Waals surface area contributed by atoms with Gasteiger partial charge in [0.25, 0.3) is 0 Å². The number of hydrogen-bond donors (Lipinski definition) is 1. The Balaban J connectivity index is 1.03. The minimum absolute atomic E-state index is 0.0202. The van der Waals surface area contributed by atoms with Crippen molar-refractivity contribution in [1.82, 2.24) is 15.1 Å². The number of likely N-dealkylation sites (tertiary alicyclic amines) is 2. The molecule has 5 heterocycles. The van der Waals surface area contributed by atoms with Crippen LogP contribution in [0, 0.1) is 5.41 Å². The topological polar surface area (TPSA) is 85.4 Å². The number of carbonyl (C=O) groups excluding carboxylic acids is 3. The lowest BCUT2D eigenvalue weighted by molar-refractivity contribution is -0.139. The first kappa shape index (κ1) is 20.8. The quantitative estimate of drug-likeness (QED) is 0.723. The fourth-order valence-electron chi connectivity index (χ4n) is 6.14. The average molecular weight is 454 g/mol. The van der Waals surface area contributed by atoms with Gasteiger partial charge < -0.3 is 29.7 Å². The van der Waals surface area contributed by atoms with Crippen LogP contribution in [0.1, 0.15) is 25.7 Å². The van der Waals surface area contributed by atoms with Crippen LogP contribution in [0.3, 0.4) is 0 Å². The molecule has 5 saturated heterocycles. The minimum atomic E-state index is -0.0986. The molecule has 1 aromatic carbocycles. The number of anilines is 2. The van der Waals surface area contributed by atoms with E-state index in [0.29, 0.717) is 19.5 Å². The molecular formula is C24H31N5O4. The summed E-state index contributed by atoms with van der Waals surface area (Å²) in [5.74, 6) is 0.115. The third-order valence-electron chi connectivity index (χ3n) is 7.96. The Morgan fingerprint density at radius 2 is 1.79 bits per heavy atom. The molecule has 1 spiro atoms. The lowest BCUT2D eigenvalue weighted by Crippen LogP contribution is -2.62. The molecule has 9 nitrogen and oxygen atoms in total. The van der Waals surface area contributed by atoms with E-state index in [2.05, 4.69) is 22.3 Å². The van der Waals surface area contributed by atoms with Gasteiger partial charge in [-0.15, -0.1) is 0 Å². The van der Waals surface area contributed by atoms with Crippen molar-refractivity contribution < 1.29 is 19.1 Å². The first-order valence-corrected chi connectivity index (χ1v) is 12.1. The molecule has 9 heteroatoms. The third kappa shape index (κ3) is 3.72. The molecule has 0 bridgehead atoms. The molecule has 0 aromatic heterocycles. The molecule has 0 aliphatic carbocycles. The van der Waals surface area contributed by atoms with Crippen molar-refractivity contribution >= 4 is 29.2 Å². The normalized spacial score (nSPS) is 28.7. The minimum Gasteiger partial charge on any atom is -0.370 e. The fourth-order valence-corrected chi connectivity index (χ4v) is 6.14. The largest absolute Gasteiger partial charge is 0.370 e. The Morgan fingerprint density at radius 1 is 1.00 bits per heavy atom. The molecule has 0 unspecified atom stereocenters. The van der Waals surface area contributed by atoms with Crippen LogP contribution in [0.5, 0.6) is 0 Å². The van der Waals surface area contributed by atoms with Gasteiger partial charge in [-0.1, -0.05) is 0 Å². The van der Waals surface area contributed by atoms with Gasteiger partial charge in [0.05, 0.1) is 12.1 Å². The summed E-state index contributed by atoms with van der Waals surface area (Å²) in [6.45, 7) is 5.62. The smallest absolute Gasteiger partial charge is 0.320 e. The standard InChI is InChI=1S/C24H31N5O4/c30-21-13-33-20-7-10-26(12-19(20)25-21)23(32)27-11-8-24(14-27)15-28(16-24)17-3-5-18(6-4-17)29-9-1-2-22(29)31/h3-6,19-20H,1-2,7-16H2,(H,25,30)/t19-,20+/m1/s1. The number of ether oxygens (including phenoxy) is 1. The predicted molar refractivity (Wildman–Crippen MR) is 122 cm³/mol. The maximum absolute atomic E-state index is 13.2. The highest BCUT2D eigenvalue weighted by molar-refractivity contribution is 5.95. The summed E-state index contributed by atoms with van der Waals surface area (Å²) < 4.78 is 5.61. The molecule has 5 aliphatic heterocycles. The van der Waals surface area contributed by atoms with Crippen molar-refractivity contribution in [3.63, 3.8) is 0 Å². The highest BCUT2D eigenvalue weighted by Crippen LogP contribution is 2.42. The first-order chi connectivity index (χ1) is 16.0. The third-order valence-corrected chi connectivity index (χ3v) is 7.96. The molecule has 33 heavy (non-hydrogen) atoms. The fraction of sp³-hybridized carbons (Fsp3) is 0.625. The number of urea groups is 1. The maximum atomic E-state index is 13.2. The molecule has 2 atom stereocenters. The monoisotopic (exact) mass is 453 g/mol. The van der Waals surface area contributed by atoms with Gasteiger partial charge in [0.15, 0.2) is 0 Å². The highest BCUT2D eigenvalue weighted by Gasteiger charge is 2.50. The molecule has 0 radical (unpaired) electrons. The van der Waals surface area contributed by atoms with Crippen LogP contribution in [0.15, 0.2) is 24.3 Å². The Hall–Kier alpha value is -2.81. The highest BCUT2D eigenvalue weighted by atomic mass is 16.5. The lowest BCUT2D eigenvalue weighted by atomic mass is 9.78. The van der Waals surface area contributed by atoms with E-state index in [4.69, 9.17) is 4.74 Å². The van der Waals surface area contributed by atoms with Crippen molar-refractivity contribution in [2.75, 3.05) is 62.2 Å². The summed E-state index contributed by atoms with van der Waals surface area (Å²) in [6.07, 6.45) is 3.39. The van der Waals surface area contributed by atoms with Gasteiger partial charge in [0.2, 0.25) is 11.8 Å². The second-order valence-electron chi connectivity index (χ2n) is 10.2. The predicted octanol–water partition coefficient (Wildman–Crippen LogP) is 1.03. The Kier molecular flexibility index (Phi) is 4.97. The van der Waals surface area contributed by atoms with E-state index >= 15 is 0 Å². The van der Waals surface area contributed by atoms with Crippen LogP contribution in [0.25, 0.3) is 0 Å². The van der Waals surface area contributed by atoms with E-state index in [0.717, 1.165) is 57.7 Å². The summed E-state index contributed by atoms with van der Waals surface area (Å²) >= 11 is 0. The van der Waals surface area contributed by atoms with Crippen LogP contribution >= 0.6 is 0 Å². The second kappa shape index (κ2) is 7.90. The summed E-state index contributed by atoms with van der Waals surface area (Å²) in [6, 6.07) is 8.30. The van der Waals surface area contributed by atoms with Crippen LogP contribution in [0.4, 0.5) is 16.2 Å². The van der Waals surface area contributed by atoms with Crippen molar-refractivity contribution in [3.05, 3.63) is 24.3 Å². The van der Waals surface area contributed by atoms with Gasteiger partial charge in [-0.3, -0.25) is 9.59 Å². The first-order valence-electron chi connectivity index (χ1n) is 12.1. The van der Waals surface area contributed by atoms with Gasteiger partial charge in [-0.05, 0) is 43.5 Å². The Bertz CT molecular complexity index is 960. The molecule has 1 N–H and O–H groups in total. The number of fused-ring (bicyclic) bond motifs is 1. The Labute approximate surface area is 193 Å². The zero-order chi connectivity index (χ0) is 22.6. The molecule has 5 fully saturated rings. The van der Waals surface area contributed by atoms with E-state index in [-0.39, 0.29) is 42.0 Å². The summed E-state index contributed by atoms with van der Waals surface area (Å²) in [5, 5.41) is 2.98. The van der Waals surface area contributed by atoms with Crippen molar-refractivity contribution in [2.45, 2.75) is 37.8 Å². The summed E-state index contributed by atoms with van der Waals surface area (Å²) in [5.41, 5.74) is 2.33. The van der Waals surface area contributed by atoms with Crippen molar-refractivity contribution in [1.29, 1.82) is 0 Å². The molecule has 6 rings (SSSR count). The number of benzene rings is 1. The van der Waals surface area contributed by atoms with Crippen LogP contribution in [0.2, 0.25) is 0 Å². The molecular weight excluding hydrogens is 422 g/mol. The molecule has 4 amide bonds. The summed E-state index contributed by atoms with van der Waals surface area (Å²) in [4.78, 5) is 44.9. The van der Waals surface area contributed by atoms with Gasteiger partial charge in [-0.2, -0.15) is 0 Å². The lowest BCUT2D eigenvalue weighted by Gasteiger charge is -2.49. The van der Waals surface area contributed by atoms with Crippen molar-refractivity contribution in [3.8, 4) is 0 Å². The van der Waals surface area contributed by atoms with E-state index < -0.39 is 0 Å². The number of hydrogen-bond acceptors (Lipinski definition) is 5. The molecule has 5 aliphatic rings. The van der Waals surface area contributed by atoms with Crippen molar-refractivity contribution in [2.24, 2.45) is 5.41 Å². The van der Waals surface area contributed by atoms with Gasteiger partial charge in [0.1, 0.15) is 6.61 Å². The van der Waals surface area contributed by atoms with Gasteiger partial charge in [0, 0.05) is 69.0 Å². The van der Waals surface area contributed by atoms with Crippen LogP contribution in [-0.4, -0.2) is 92.2 Å². The van der Waals surface area contributed by atoms with E-state index in [9.17, 15) is 14.4 Å². The summed E-state index contributed by atoms with van der Waals surface area (Å²) in [7, 11) is 0. The molecule has 1 aromatic rings. The SMILES string of the molecule is O=C1CO[C@H]2CCN(C(=O)N3CCC4(C3)CN(c3ccc(N5CCCC5=O)cc3)C4)C[C@H]2N1. The van der Waals surface area contributed by atoms with E-state index in [1.807, 2.05) is 26.8 Å². The number of morpholine rings is 1. The number of carbonyl (C=O) groups is 3. The van der Waals surface area contributed by atoms with E-state index in [1.54, 1.807) is 0 Å². The maximum Gasteiger partial charge on any atom is 0.320 e. The van der Waals surface area contributed by atoms with Crippen LogP contribution in [-0.2, 0) is 14.3 Å². The van der Waals surface area contributed by atoms with Gasteiger partial charge >= 0.3 is 6.03 Å². The number of rotatable bonds is 2. The zero-order valence-corrected chi connectivity index (χ0v) is 18.9. The number of nitrogens with one attached hydrogen (secondary N) is 1. The number of piperidine rings is 1. The number of nitrogens with zero attached hydrogens (tertiary/aromatic N) is 4. The Morgan fingerprint density at radius 3 is 2.55 bits per heavy atom. The van der Waals surface area contributed by atoms with E-state index in [1.165, 1.54) is 5.69 Å².